The molecule has 0 aliphatic carbocycles. The number of nitrogens with one attached hydrogen (secondary N) is 1. The second kappa shape index (κ2) is 7.18. The molecule has 5 heteroatoms. The van der Waals surface area contributed by atoms with Gasteiger partial charge in [0.05, 0.1) is 5.56 Å². The standard InChI is InChI=1S/C12H16ClIN2O/c1-15-6-3-7-16(2)12(17)10-8-9(13)4-5-11(10)14/h4-5,8,15H,3,6-7H2,1-2H3. The number of hydrogen-bond acceptors (Lipinski definition) is 2. The van der Waals surface area contributed by atoms with Crippen LogP contribution in [0.5, 0.6) is 0 Å². The van der Waals surface area contributed by atoms with Gasteiger partial charge in [-0.2, -0.15) is 0 Å². The van der Waals surface area contributed by atoms with Gasteiger partial charge in [-0.15, -0.1) is 0 Å². The first-order chi connectivity index (χ1) is 8.06. The largest absolute Gasteiger partial charge is 0.342 e. The molecule has 0 atom stereocenters. The van der Waals surface area contributed by atoms with E-state index in [0.29, 0.717) is 10.6 Å². The molecule has 1 aromatic rings. The summed E-state index contributed by atoms with van der Waals surface area (Å²) in [6.07, 6.45) is 0.940. The minimum Gasteiger partial charge on any atom is -0.342 e. The van der Waals surface area contributed by atoms with Crippen molar-refractivity contribution in [2.45, 2.75) is 6.42 Å². The van der Waals surface area contributed by atoms with Crippen molar-refractivity contribution in [3.8, 4) is 0 Å². The van der Waals surface area contributed by atoms with Crippen molar-refractivity contribution in [2.24, 2.45) is 0 Å². The number of halogens is 2. The molecule has 1 N–H and O–H groups in total. The number of carbonyl (C=O) groups is 1. The Bertz CT molecular complexity index is 398. The van der Waals surface area contributed by atoms with Crippen LogP contribution in [0, 0.1) is 3.57 Å². The average Bonchev–Trinajstić information content (AvgIpc) is 2.31. The number of hydrogen-bond donors (Lipinski definition) is 1. The minimum atomic E-state index is 0.0213. The molecule has 0 saturated heterocycles. The summed E-state index contributed by atoms with van der Waals surface area (Å²) in [4.78, 5) is 13.9. The zero-order valence-corrected chi connectivity index (χ0v) is 12.9. The predicted molar refractivity (Wildman–Crippen MR) is 79.7 cm³/mol. The fraction of sp³-hybridized carbons (Fsp3) is 0.417. The van der Waals surface area contributed by atoms with E-state index in [-0.39, 0.29) is 5.91 Å². The van der Waals surface area contributed by atoms with Crippen molar-refractivity contribution in [1.29, 1.82) is 0 Å². The molecule has 0 radical (unpaired) electrons. The maximum absolute atomic E-state index is 12.2. The molecule has 17 heavy (non-hydrogen) atoms. The lowest BCUT2D eigenvalue weighted by molar-refractivity contribution is 0.0792. The molecule has 0 fully saturated rings. The Hall–Kier alpha value is -0.330. The van der Waals surface area contributed by atoms with E-state index in [1.165, 1.54) is 0 Å². The number of rotatable bonds is 5. The summed E-state index contributed by atoms with van der Waals surface area (Å²) in [5.41, 5.74) is 0.671. The fourth-order valence-electron chi connectivity index (χ4n) is 1.46. The van der Waals surface area contributed by atoms with E-state index in [0.717, 1.165) is 23.1 Å². The Morgan fingerprint density at radius 1 is 1.53 bits per heavy atom. The molecule has 0 heterocycles. The van der Waals surface area contributed by atoms with Gasteiger partial charge in [0.2, 0.25) is 0 Å². The minimum absolute atomic E-state index is 0.0213. The van der Waals surface area contributed by atoms with Crippen LogP contribution >= 0.6 is 34.2 Å². The van der Waals surface area contributed by atoms with Crippen molar-refractivity contribution in [1.82, 2.24) is 10.2 Å². The van der Waals surface area contributed by atoms with Crippen LogP contribution in [-0.4, -0.2) is 38.0 Å². The molecule has 0 aliphatic rings. The molecule has 1 aromatic carbocycles. The van der Waals surface area contributed by atoms with Gasteiger partial charge in [-0.1, -0.05) is 11.6 Å². The molecular weight excluding hydrogens is 351 g/mol. The highest BCUT2D eigenvalue weighted by Gasteiger charge is 2.14. The molecule has 0 saturated carbocycles. The van der Waals surface area contributed by atoms with Crippen LogP contribution < -0.4 is 5.32 Å². The van der Waals surface area contributed by atoms with Gasteiger partial charge in [0, 0.05) is 22.2 Å². The van der Waals surface area contributed by atoms with Crippen molar-refractivity contribution >= 4 is 40.1 Å². The van der Waals surface area contributed by atoms with Crippen molar-refractivity contribution in [3.63, 3.8) is 0 Å². The van der Waals surface area contributed by atoms with Crippen LogP contribution in [0.4, 0.5) is 0 Å². The molecule has 0 aromatic heterocycles. The molecule has 0 aliphatic heterocycles. The molecule has 3 nitrogen and oxygen atoms in total. The highest BCUT2D eigenvalue weighted by Crippen LogP contribution is 2.19. The van der Waals surface area contributed by atoms with Crippen LogP contribution in [0.1, 0.15) is 16.8 Å². The smallest absolute Gasteiger partial charge is 0.254 e. The maximum Gasteiger partial charge on any atom is 0.254 e. The Kier molecular flexibility index (Phi) is 6.22. The first-order valence-corrected chi connectivity index (χ1v) is 6.87. The van der Waals surface area contributed by atoms with Gasteiger partial charge >= 0.3 is 0 Å². The van der Waals surface area contributed by atoms with Crippen LogP contribution in [0.25, 0.3) is 0 Å². The van der Waals surface area contributed by atoms with E-state index in [1.807, 2.05) is 20.2 Å². The van der Waals surface area contributed by atoms with Crippen molar-refractivity contribution in [2.75, 3.05) is 27.2 Å². The summed E-state index contributed by atoms with van der Waals surface area (Å²) >= 11 is 8.06. The lowest BCUT2D eigenvalue weighted by Gasteiger charge is -2.18. The number of nitrogens with zero attached hydrogens (tertiary/aromatic N) is 1. The van der Waals surface area contributed by atoms with Gasteiger partial charge < -0.3 is 10.2 Å². The molecule has 94 valence electrons. The summed E-state index contributed by atoms with van der Waals surface area (Å²) in [6.45, 7) is 1.65. The number of benzene rings is 1. The number of amides is 1. The van der Waals surface area contributed by atoms with E-state index in [2.05, 4.69) is 27.9 Å². The van der Waals surface area contributed by atoms with Crippen LogP contribution in [0.3, 0.4) is 0 Å². The van der Waals surface area contributed by atoms with Crippen molar-refractivity contribution in [3.05, 3.63) is 32.4 Å². The molecular formula is C12H16ClIN2O. The Labute approximate surface area is 121 Å². The van der Waals surface area contributed by atoms with E-state index in [4.69, 9.17) is 11.6 Å². The predicted octanol–water partition coefficient (Wildman–Crippen LogP) is 2.63. The zero-order valence-electron chi connectivity index (χ0n) is 9.96. The molecule has 1 amide bonds. The lowest BCUT2D eigenvalue weighted by Crippen LogP contribution is -2.30. The van der Waals surface area contributed by atoms with Crippen LogP contribution in [0.2, 0.25) is 5.02 Å². The maximum atomic E-state index is 12.2. The van der Waals surface area contributed by atoms with E-state index >= 15 is 0 Å². The summed E-state index contributed by atoms with van der Waals surface area (Å²) in [6, 6.07) is 5.37. The Balaban J connectivity index is 2.71. The summed E-state index contributed by atoms with van der Waals surface area (Å²) in [5.74, 6) is 0.0213. The summed E-state index contributed by atoms with van der Waals surface area (Å²) in [5, 5.41) is 3.66. The van der Waals surface area contributed by atoms with Gasteiger partial charge in [-0.3, -0.25) is 4.79 Å². The van der Waals surface area contributed by atoms with E-state index < -0.39 is 0 Å². The molecule has 0 unspecified atom stereocenters. The Morgan fingerprint density at radius 2 is 2.24 bits per heavy atom. The number of carbonyl (C=O) groups excluding carboxylic acids is 1. The quantitative estimate of drug-likeness (QED) is 0.642. The fourth-order valence-corrected chi connectivity index (χ4v) is 2.20. The summed E-state index contributed by atoms with van der Waals surface area (Å²) in [7, 11) is 3.72. The first-order valence-electron chi connectivity index (χ1n) is 5.41. The third-order valence-corrected chi connectivity index (χ3v) is 3.60. The first kappa shape index (κ1) is 14.7. The second-order valence-corrected chi connectivity index (χ2v) is 5.41. The SMILES string of the molecule is CNCCCN(C)C(=O)c1cc(Cl)ccc1I. The Morgan fingerprint density at radius 3 is 2.88 bits per heavy atom. The zero-order chi connectivity index (χ0) is 12.8. The summed E-state index contributed by atoms with van der Waals surface area (Å²) < 4.78 is 0.928. The third-order valence-electron chi connectivity index (χ3n) is 2.43. The lowest BCUT2D eigenvalue weighted by atomic mass is 10.2. The monoisotopic (exact) mass is 366 g/mol. The second-order valence-electron chi connectivity index (χ2n) is 3.81. The van der Waals surface area contributed by atoms with Crippen LogP contribution in [0.15, 0.2) is 18.2 Å². The molecule has 0 spiro atoms. The van der Waals surface area contributed by atoms with E-state index in [1.54, 1.807) is 17.0 Å². The average molecular weight is 367 g/mol. The van der Waals surface area contributed by atoms with Gasteiger partial charge in [0.1, 0.15) is 0 Å². The highest BCUT2D eigenvalue weighted by atomic mass is 127. The van der Waals surface area contributed by atoms with Gasteiger partial charge in [0.25, 0.3) is 5.91 Å². The van der Waals surface area contributed by atoms with Gasteiger partial charge in [0.15, 0.2) is 0 Å². The topological polar surface area (TPSA) is 32.3 Å². The van der Waals surface area contributed by atoms with Crippen LogP contribution in [-0.2, 0) is 0 Å². The van der Waals surface area contributed by atoms with Crippen molar-refractivity contribution < 1.29 is 4.79 Å². The normalized spacial score (nSPS) is 10.4. The van der Waals surface area contributed by atoms with Gasteiger partial charge in [-0.05, 0) is 60.8 Å². The third kappa shape index (κ3) is 4.44. The molecule has 1 rings (SSSR count). The highest BCUT2D eigenvalue weighted by molar-refractivity contribution is 14.1. The van der Waals surface area contributed by atoms with E-state index in [9.17, 15) is 4.79 Å². The van der Waals surface area contributed by atoms with Gasteiger partial charge in [-0.25, -0.2) is 0 Å². The molecule has 0 bridgehead atoms.